The van der Waals surface area contributed by atoms with Crippen molar-refractivity contribution in [3.8, 4) is 39.4 Å². The van der Waals surface area contributed by atoms with E-state index in [0.29, 0.717) is 0 Å². The second-order valence-corrected chi connectivity index (χ2v) is 17.7. The molecule has 0 unspecified atom stereocenters. The Morgan fingerprint density at radius 1 is 0.596 bits per heavy atom. The van der Waals surface area contributed by atoms with Gasteiger partial charge in [-0.25, -0.2) is 4.98 Å². The summed E-state index contributed by atoms with van der Waals surface area (Å²) < 4.78 is 0. The number of hydrogen-bond donors (Lipinski definition) is 1. The second-order valence-electron chi connectivity index (χ2n) is 17.7. The maximum Gasteiger partial charge on any atom is 0.136 e. The number of phenolic OH excluding ortho intramolecular Hbond substituents is 1. The van der Waals surface area contributed by atoms with Gasteiger partial charge in [-0.2, -0.15) is 0 Å². The first-order valence-electron chi connectivity index (χ1n) is 19.7. The minimum absolute atomic E-state index is 0. The summed E-state index contributed by atoms with van der Waals surface area (Å²) in [6.07, 6.45) is 0. The number of phenols is 1. The van der Waals surface area contributed by atoms with Crippen molar-refractivity contribution in [3.05, 3.63) is 178 Å². The third kappa shape index (κ3) is 5.99. The molecule has 57 heavy (non-hydrogen) atoms. The zero-order chi connectivity index (χ0) is 39.3. The number of rotatable bonds is 4. The molecule has 1 spiro atoms. The van der Waals surface area contributed by atoms with Crippen molar-refractivity contribution in [2.75, 3.05) is 4.90 Å². The molecule has 0 radical (unpaired) electrons. The number of hydrogen-bond acceptors (Lipinski definition) is 4. The first kappa shape index (κ1) is 38.6. The van der Waals surface area contributed by atoms with Crippen LogP contribution in [0.1, 0.15) is 91.7 Å². The van der Waals surface area contributed by atoms with E-state index >= 15 is 0 Å². The Kier molecular flexibility index (Phi) is 9.25. The smallest absolute Gasteiger partial charge is 0.136 e. The van der Waals surface area contributed by atoms with Gasteiger partial charge in [0.15, 0.2) is 0 Å². The van der Waals surface area contributed by atoms with Crippen LogP contribution in [0.25, 0.3) is 33.6 Å². The monoisotopic (exact) mass is 925 g/mol. The van der Waals surface area contributed by atoms with Gasteiger partial charge in [0.05, 0.1) is 16.8 Å². The van der Waals surface area contributed by atoms with Gasteiger partial charge in [-0.3, -0.25) is 0 Å². The van der Waals surface area contributed by atoms with Crippen molar-refractivity contribution in [1.82, 2.24) is 9.97 Å². The minimum Gasteiger partial charge on any atom is -0.507 e. The summed E-state index contributed by atoms with van der Waals surface area (Å²) in [5, 5.41) is 12.0. The Morgan fingerprint density at radius 2 is 1.19 bits per heavy atom. The van der Waals surface area contributed by atoms with Crippen LogP contribution < -0.4 is 4.90 Å². The Balaban J connectivity index is 0.00000455. The molecule has 0 saturated carbocycles. The predicted octanol–water partition coefficient (Wildman–Crippen LogP) is 13.0. The van der Waals surface area contributed by atoms with Gasteiger partial charge in [0.1, 0.15) is 11.6 Å². The number of para-hydroxylation sites is 1. The van der Waals surface area contributed by atoms with Crippen molar-refractivity contribution in [2.24, 2.45) is 0 Å². The Labute approximate surface area is 352 Å². The summed E-state index contributed by atoms with van der Waals surface area (Å²) in [4.78, 5) is 12.7. The van der Waals surface area contributed by atoms with E-state index in [1.54, 1.807) is 6.07 Å². The van der Waals surface area contributed by atoms with E-state index in [1.165, 1.54) is 33.4 Å². The van der Waals surface area contributed by atoms with Crippen LogP contribution in [0.4, 0.5) is 17.2 Å². The maximum absolute atomic E-state index is 12.0. The van der Waals surface area contributed by atoms with E-state index in [0.717, 1.165) is 67.7 Å². The first-order valence-corrected chi connectivity index (χ1v) is 19.7. The Morgan fingerprint density at radius 3 is 1.81 bits per heavy atom. The fourth-order valence-corrected chi connectivity index (χ4v) is 9.10. The maximum atomic E-state index is 12.0. The quantitative estimate of drug-likeness (QED) is 0.179. The third-order valence-corrected chi connectivity index (χ3v) is 11.9. The molecule has 0 aliphatic heterocycles. The molecule has 9 rings (SSSR count). The number of aryl methyl sites for hydroxylation is 3. The van der Waals surface area contributed by atoms with Gasteiger partial charge >= 0.3 is 0 Å². The van der Waals surface area contributed by atoms with Gasteiger partial charge in [0.25, 0.3) is 0 Å². The normalized spacial score (nSPS) is 13.4. The predicted molar refractivity (Wildman–Crippen MR) is 231 cm³/mol. The third-order valence-electron chi connectivity index (χ3n) is 11.9. The topological polar surface area (TPSA) is 49.2 Å². The molecule has 2 heterocycles. The largest absolute Gasteiger partial charge is 0.507 e. The van der Waals surface area contributed by atoms with E-state index in [1.807, 2.05) is 31.2 Å². The molecular formula is C52H48N3OPt-. The number of pyridine rings is 2. The number of anilines is 3. The standard InChI is InChI=1S/C52H48N3O.Pt/c1-31-14-10-15-32(2)49(31)55(37-18-12-17-34(28-37)44-20-11-16-33(3)53-44)46-27-26-41-48(54-46)47-40(19-13-21-45(47)56)52(41)42-29-35(50(4,5)6)22-24-38(42)39-25-23-36(30-43(39)52)51(7,8)9;/h10-27,29-30,56H,1-9H3;/q-1;. The number of aromatic nitrogens is 2. The van der Waals surface area contributed by atoms with Crippen molar-refractivity contribution in [3.63, 3.8) is 0 Å². The molecule has 1 N–H and O–H groups in total. The van der Waals surface area contributed by atoms with Gasteiger partial charge in [-0.15, -0.1) is 29.8 Å². The molecule has 0 fully saturated rings. The van der Waals surface area contributed by atoms with Crippen LogP contribution >= 0.6 is 0 Å². The van der Waals surface area contributed by atoms with Gasteiger partial charge in [-0.05, 0) is 117 Å². The number of benzene rings is 5. The summed E-state index contributed by atoms with van der Waals surface area (Å²) in [7, 11) is 0. The van der Waals surface area contributed by atoms with Gasteiger partial charge in [-0.1, -0.05) is 126 Å². The Bertz CT molecular complexity index is 2650. The summed E-state index contributed by atoms with van der Waals surface area (Å²) in [5.41, 5.74) is 17.3. The zero-order valence-corrected chi connectivity index (χ0v) is 36.4. The molecule has 0 saturated heterocycles. The number of nitrogens with zero attached hydrogens (tertiary/aromatic N) is 3. The molecular weight excluding hydrogens is 878 g/mol. The Hall–Kier alpha value is -5.31. The van der Waals surface area contributed by atoms with E-state index in [9.17, 15) is 5.11 Å². The summed E-state index contributed by atoms with van der Waals surface area (Å²) in [6, 6.07) is 46.9. The van der Waals surface area contributed by atoms with Crippen LogP contribution in [0.3, 0.4) is 0 Å². The van der Waals surface area contributed by atoms with Gasteiger partial charge in [0.2, 0.25) is 0 Å². The van der Waals surface area contributed by atoms with Gasteiger partial charge < -0.3 is 15.0 Å². The second kappa shape index (κ2) is 13.7. The van der Waals surface area contributed by atoms with E-state index in [2.05, 4.69) is 157 Å². The van der Waals surface area contributed by atoms with Crippen molar-refractivity contribution >= 4 is 17.2 Å². The molecule has 2 aliphatic carbocycles. The molecule has 0 atom stereocenters. The van der Waals surface area contributed by atoms with Gasteiger partial charge in [0, 0.05) is 32.3 Å². The fraction of sp³-hybridized carbons (Fsp3) is 0.231. The van der Waals surface area contributed by atoms with Crippen LogP contribution in [0.5, 0.6) is 5.75 Å². The SMILES string of the molecule is Cc1cccc(-c2[c-]c(N(c3ccc4c(n3)-c3c(O)cccc3C43c4cc(C(C)(C)C)ccc4-c4ccc(C(C)(C)C)cc43)c3c(C)cccc3C)ccc2)n1.[Pt]. The first-order chi connectivity index (χ1) is 26.7. The molecule has 2 aromatic heterocycles. The van der Waals surface area contributed by atoms with Crippen molar-refractivity contribution < 1.29 is 26.2 Å². The molecule has 0 bridgehead atoms. The number of fused-ring (bicyclic) bond motifs is 10. The van der Waals surface area contributed by atoms with Crippen molar-refractivity contribution in [2.45, 2.75) is 78.6 Å². The molecule has 0 amide bonds. The van der Waals surface area contributed by atoms with Crippen molar-refractivity contribution in [1.29, 1.82) is 0 Å². The van der Waals surface area contributed by atoms with Crippen LogP contribution in [0.2, 0.25) is 0 Å². The molecule has 7 aromatic rings. The molecule has 2 aliphatic rings. The van der Waals surface area contributed by atoms with E-state index in [4.69, 9.17) is 9.97 Å². The summed E-state index contributed by atoms with van der Waals surface area (Å²) in [5.74, 6) is 0.986. The van der Waals surface area contributed by atoms with Crippen LogP contribution in [-0.2, 0) is 37.3 Å². The minimum atomic E-state index is -0.672. The molecule has 5 heteroatoms. The van der Waals surface area contributed by atoms with Crippen LogP contribution in [-0.4, -0.2) is 15.1 Å². The fourth-order valence-electron chi connectivity index (χ4n) is 9.10. The summed E-state index contributed by atoms with van der Waals surface area (Å²) >= 11 is 0. The average Bonchev–Trinajstić information content (AvgIpc) is 3.62. The molecule has 5 aromatic carbocycles. The average molecular weight is 926 g/mol. The van der Waals surface area contributed by atoms with Crippen LogP contribution in [0, 0.1) is 26.8 Å². The summed E-state index contributed by atoms with van der Waals surface area (Å²) in [6.45, 7) is 20.0. The molecule has 288 valence electrons. The molecule has 4 nitrogen and oxygen atoms in total. The number of aromatic hydroxyl groups is 1. The van der Waals surface area contributed by atoms with E-state index < -0.39 is 5.41 Å². The zero-order valence-electron chi connectivity index (χ0n) is 34.2. The van der Waals surface area contributed by atoms with E-state index in [-0.39, 0.29) is 37.6 Å². The van der Waals surface area contributed by atoms with Crippen LogP contribution in [0.15, 0.2) is 121 Å².